The van der Waals surface area contributed by atoms with Crippen LogP contribution in [0.4, 0.5) is 11.4 Å². The first-order valence-electron chi connectivity index (χ1n) is 5.27. The van der Waals surface area contributed by atoms with Crippen LogP contribution in [0, 0.1) is 13.8 Å². The van der Waals surface area contributed by atoms with Gasteiger partial charge < -0.3 is 15.7 Å². The molecule has 0 aliphatic carbocycles. The predicted molar refractivity (Wildman–Crippen MR) is 70.5 cm³/mol. The fourth-order valence-corrected chi connectivity index (χ4v) is 2.92. The molecule has 0 aliphatic rings. The summed E-state index contributed by atoms with van der Waals surface area (Å²) in [5, 5.41) is 14.7. The van der Waals surface area contributed by atoms with Crippen molar-refractivity contribution in [3.63, 3.8) is 0 Å². The van der Waals surface area contributed by atoms with Crippen LogP contribution in [-0.2, 0) is 10.7 Å². The lowest BCUT2D eigenvalue weighted by Crippen LogP contribution is -2.12. The number of benzene rings is 1. The van der Waals surface area contributed by atoms with Gasteiger partial charge in [0.25, 0.3) is 0 Å². The minimum absolute atomic E-state index is 0.0138. The van der Waals surface area contributed by atoms with Crippen LogP contribution >= 0.6 is 0 Å². The molecule has 3 N–H and O–H groups in total. The first-order valence-corrected chi connectivity index (χ1v) is 6.44. The van der Waals surface area contributed by atoms with Gasteiger partial charge in [-0.1, -0.05) is 0 Å². The zero-order chi connectivity index (χ0) is 14.0. The topological polar surface area (TPSA) is 95.5 Å². The van der Waals surface area contributed by atoms with Gasteiger partial charge in [0.1, 0.15) is 0 Å². The van der Waals surface area contributed by atoms with Crippen molar-refractivity contribution in [3.8, 4) is 0 Å². The van der Waals surface area contributed by atoms with E-state index in [1.54, 1.807) is 20.9 Å². The monoisotopic (exact) mass is 272 g/mol. The van der Waals surface area contributed by atoms with Crippen LogP contribution in [-0.4, -0.2) is 33.6 Å². The molecule has 18 heavy (non-hydrogen) atoms. The van der Waals surface area contributed by atoms with Crippen LogP contribution in [0.2, 0.25) is 0 Å². The highest BCUT2D eigenvalue weighted by molar-refractivity contribution is 7.72. The summed E-state index contributed by atoms with van der Waals surface area (Å²) >= 11 is 0. The van der Waals surface area contributed by atoms with E-state index in [2.05, 4.69) is 10.6 Å². The van der Waals surface area contributed by atoms with Crippen LogP contribution in [0.25, 0.3) is 0 Å². The number of thiol groups is 1. The van der Waals surface area contributed by atoms with E-state index < -0.39 is 16.7 Å². The Balaban J connectivity index is 3.93. The SMILES string of the molecule is CNc1c(C)c(C(=O)O)c(NC)c([SH](=O)=O)c1C. The molecule has 0 radical (unpaired) electrons. The molecule has 0 heterocycles. The first kappa shape index (κ1) is 14.3. The van der Waals surface area contributed by atoms with Gasteiger partial charge in [-0.15, -0.1) is 0 Å². The highest BCUT2D eigenvalue weighted by atomic mass is 32.2. The summed E-state index contributed by atoms with van der Waals surface area (Å²) in [6, 6.07) is 0. The molecule has 1 aromatic rings. The highest BCUT2D eigenvalue weighted by Crippen LogP contribution is 2.35. The number of nitrogens with one attached hydrogen (secondary N) is 2. The number of anilines is 2. The Bertz CT molecular complexity index is 571. The third-order valence-corrected chi connectivity index (χ3v) is 3.79. The van der Waals surface area contributed by atoms with E-state index in [1.807, 2.05) is 0 Å². The Labute approximate surface area is 107 Å². The van der Waals surface area contributed by atoms with Gasteiger partial charge in [0.05, 0.1) is 16.1 Å². The molecule has 0 aromatic heterocycles. The van der Waals surface area contributed by atoms with E-state index in [-0.39, 0.29) is 16.1 Å². The number of aromatic carboxylic acids is 1. The summed E-state index contributed by atoms with van der Waals surface area (Å²) in [5.41, 5.74) is 1.66. The minimum Gasteiger partial charge on any atom is -0.478 e. The van der Waals surface area contributed by atoms with Crippen molar-refractivity contribution in [2.75, 3.05) is 24.7 Å². The zero-order valence-corrected chi connectivity index (χ0v) is 11.5. The fourth-order valence-electron chi connectivity index (χ4n) is 2.13. The second-order valence-corrected chi connectivity index (χ2v) is 4.75. The van der Waals surface area contributed by atoms with E-state index in [0.717, 1.165) is 0 Å². The molecule has 0 saturated carbocycles. The van der Waals surface area contributed by atoms with Gasteiger partial charge in [-0.05, 0) is 25.0 Å². The van der Waals surface area contributed by atoms with E-state index in [1.165, 1.54) is 7.05 Å². The summed E-state index contributed by atoms with van der Waals surface area (Å²) in [7, 11) is 0.245. The third kappa shape index (κ3) is 2.13. The molecule has 0 fully saturated rings. The van der Waals surface area contributed by atoms with Crippen LogP contribution in [0.15, 0.2) is 4.90 Å². The van der Waals surface area contributed by atoms with Crippen molar-refractivity contribution >= 4 is 28.0 Å². The number of hydrogen-bond acceptors (Lipinski definition) is 5. The van der Waals surface area contributed by atoms with Crippen LogP contribution < -0.4 is 10.6 Å². The predicted octanol–water partition coefficient (Wildman–Crippen LogP) is 1.06. The smallest absolute Gasteiger partial charge is 0.338 e. The molecular weight excluding hydrogens is 256 g/mol. The lowest BCUT2D eigenvalue weighted by molar-refractivity contribution is 0.0697. The fraction of sp³-hybridized carbons (Fsp3) is 0.364. The molecule has 0 spiro atoms. The second kappa shape index (κ2) is 5.26. The summed E-state index contributed by atoms with van der Waals surface area (Å²) < 4.78 is 22.7. The molecule has 0 saturated heterocycles. The largest absolute Gasteiger partial charge is 0.478 e. The normalized spacial score (nSPS) is 10.5. The van der Waals surface area contributed by atoms with Crippen molar-refractivity contribution in [2.24, 2.45) is 0 Å². The van der Waals surface area contributed by atoms with Gasteiger partial charge in [-0.2, -0.15) is 0 Å². The van der Waals surface area contributed by atoms with Gasteiger partial charge in [0.2, 0.25) is 0 Å². The number of hydrogen-bond donors (Lipinski definition) is 4. The molecule has 6 nitrogen and oxygen atoms in total. The lowest BCUT2D eigenvalue weighted by atomic mass is 10.00. The van der Waals surface area contributed by atoms with Crippen molar-refractivity contribution in [1.82, 2.24) is 0 Å². The molecule has 1 rings (SSSR count). The summed E-state index contributed by atoms with van der Waals surface area (Å²) in [6.45, 7) is 3.29. The van der Waals surface area contributed by atoms with Gasteiger partial charge in [-0.25, -0.2) is 13.2 Å². The Kier molecular flexibility index (Phi) is 4.18. The Morgan fingerprint density at radius 3 is 1.89 bits per heavy atom. The highest BCUT2D eigenvalue weighted by Gasteiger charge is 2.23. The average molecular weight is 272 g/mol. The quantitative estimate of drug-likeness (QED) is 0.612. The van der Waals surface area contributed by atoms with Crippen LogP contribution in [0.1, 0.15) is 21.5 Å². The molecule has 0 atom stereocenters. The molecule has 7 heteroatoms. The number of rotatable bonds is 4. The van der Waals surface area contributed by atoms with E-state index in [4.69, 9.17) is 0 Å². The number of carboxylic acid groups (broad SMARTS) is 1. The number of carbonyl (C=O) groups is 1. The van der Waals surface area contributed by atoms with Crippen molar-refractivity contribution in [2.45, 2.75) is 18.7 Å². The van der Waals surface area contributed by atoms with Crippen molar-refractivity contribution in [1.29, 1.82) is 0 Å². The standard InChI is InChI=1S/C11H16N2O4S/c1-5-7(11(14)15)9(13-4)10(18(16)17)6(2)8(5)12-3/h12-13,18H,1-4H3,(H,14,15). The summed E-state index contributed by atoms with van der Waals surface area (Å²) in [5.74, 6) is -1.16. The Morgan fingerprint density at radius 2 is 1.56 bits per heavy atom. The molecule has 0 aliphatic heterocycles. The zero-order valence-electron chi connectivity index (χ0n) is 10.6. The third-order valence-electron chi connectivity index (χ3n) is 2.86. The molecule has 0 amide bonds. The summed E-state index contributed by atoms with van der Waals surface area (Å²) in [6.07, 6.45) is 0. The van der Waals surface area contributed by atoms with Crippen LogP contribution in [0.3, 0.4) is 0 Å². The molecular formula is C11H16N2O4S. The Morgan fingerprint density at radius 1 is 1.06 bits per heavy atom. The minimum atomic E-state index is -2.88. The van der Waals surface area contributed by atoms with E-state index in [9.17, 15) is 18.3 Å². The average Bonchev–Trinajstić information content (AvgIpc) is 2.27. The lowest BCUT2D eigenvalue weighted by Gasteiger charge is -2.18. The Hall–Kier alpha value is -1.76. The molecule has 0 bridgehead atoms. The summed E-state index contributed by atoms with van der Waals surface area (Å²) in [4.78, 5) is 11.3. The van der Waals surface area contributed by atoms with Crippen molar-refractivity contribution in [3.05, 3.63) is 16.7 Å². The maximum Gasteiger partial charge on any atom is 0.338 e. The second-order valence-electron chi connectivity index (χ2n) is 3.79. The molecule has 100 valence electrons. The van der Waals surface area contributed by atoms with Gasteiger partial charge in [-0.3, -0.25) is 0 Å². The van der Waals surface area contributed by atoms with Gasteiger partial charge in [0, 0.05) is 19.8 Å². The molecule has 1 aromatic carbocycles. The van der Waals surface area contributed by atoms with Crippen LogP contribution in [0.5, 0.6) is 0 Å². The van der Waals surface area contributed by atoms with E-state index in [0.29, 0.717) is 16.8 Å². The van der Waals surface area contributed by atoms with E-state index >= 15 is 0 Å². The van der Waals surface area contributed by atoms with Gasteiger partial charge >= 0.3 is 5.97 Å². The maximum atomic E-state index is 11.3. The van der Waals surface area contributed by atoms with Crippen molar-refractivity contribution < 1.29 is 18.3 Å². The molecule has 0 unspecified atom stereocenters. The number of carboxylic acids is 1. The maximum absolute atomic E-state index is 11.3. The first-order chi connectivity index (χ1) is 8.36. The van der Waals surface area contributed by atoms with Gasteiger partial charge in [0.15, 0.2) is 10.7 Å².